The number of thiophene rings is 1. The lowest BCUT2D eigenvalue weighted by atomic mass is 10.2. The standard InChI is InChI=1S/C25H26Cl2FN3O2S/c1-16(2)31(25(33)29-22-9-6-19(26)12-21(22)27)15-24(32)30(14-23-17(3)10-11-34-23)13-18-4-7-20(28)8-5-18/h4-12,16H,13-15H2,1-3H3,(H,29,33). The molecule has 0 aliphatic carbocycles. The molecule has 0 fully saturated rings. The van der Waals surface area contributed by atoms with E-state index in [0.29, 0.717) is 28.8 Å². The molecule has 0 atom stereocenters. The summed E-state index contributed by atoms with van der Waals surface area (Å²) in [6, 6.07) is 12.2. The van der Waals surface area contributed by atoms with E-state index in [-0.39, 0.29) is 24.3 Å². The van der Waals surface area contributed by atoms with Gasteiger partial charge in [0.2, 0.25) is 5.91 Å². The second-order valence-electron chi connectivity index (χ2n) is 8.18. The van der Waals surface area contributed by atoms with Gasteiger partial charge in [-0.1, -0.05) is 35.3 Å². The Balaban J connectivity index is 1.78. The van der Waals surface area contributed by atoms with Crippen LogP contribution in [0.5, 0.6) is 0 Å². The fourth-order valence-electron chi connectivity index (χ4n) is 3.29. The minimum atomic E-state index is -0.443. The van der Waals surface area contributed by atoms with Gasteiger partial charge in [0.1, 0.15) is 12.4 Å². The molecule has 0 spiro atoms. The molecule has 9 heteroatoms. The van der Waals surface area contributed by atoms with E-state index in [9.17, 15) is 14.0 Å². The molecular weight excluding hydrogens is 496 g/mol. The van der Waals surface area contributed by atoms with Crippen LogP contribution in [0.25, 0.3) is 0 Å². The highest BCUT2D eigenvalue weighted by Gasteiger charge is 2.25. The zero-order valence-electron chi connectivity index (χ0n) is 19.1. The van der Waals surface area contributed by atoms with Crippen LogP contribution in [0.2, 0.25) is 10.0 Å². The summed E-state index contributed by atoms with van der Waals surface area (Å²) >= 11 is 13.7. The third-order valence-corrected chi connectivity index (χ3v) is 6.86. The van der Waals surface area contributed by atoms with Crippen molar-refractivity contribution in [3.8, 4) is 0 Å². The van der Waals surface area contributed by atoms with Gasteiger partial charge in [0.25, 0.3) is 0 Å². The van der Waals surface area contributed by atoms with Crippen LogP contribution in [0, 0.1) is 12.7 Å². The van der Waals surface area contributed by atoms with Crippen molar-refractivity contribution in [3.05, 3.63) is 85.8 Å². The molecule has 0 aliphatic rings. The summed E-state index contributed by atoms with van der Waals surface area (Å²) in [6.07, 6.45) is 0. The summed E-state index contributed by atoms with van der Waals surface area (Å²) in [7, 11) is 0. The van der Waals surface area contributed by atoms with Crippen molar-refractivity contribution in [2.75, 3.05) is 11.9 Å². The smallest absolute Gasteiger partial charge is 0.322 e. The second-order valence-corrected chi connectivity index (χ2v) is 10.0. The Morgan fingerprint density at radius 1 is 1.06 bits per heavy atom. The number of amides is 3. The van der Waals surface area contributed by atoms with Crippen molar-refractivity contribution >= 4 is 52.2 Å². The number of rotatable bonds is 8. The maximum Gasteiger partial charge on any atom is 0.322 e. The molecule has 180 valence electrons. The fraction of sp³-hybridized carbons (Fsp3) is 0.280. The van der Waals surface area contributed by atoms with Gasteiger partial charge in [-0.05, 0) is 73.7 Å². The third-order valence-electron chi connectivity index (χ3n) is 5.30. The van der Waals surface area contributed by atoms with E-state index >= 15 is 0 Å². The van der Waals surface area contributed by atoms with Crippen LogP contribution >= 0.6 is 34.5 Å². The number of aryl methyl sites for hydroxylation is 1. The molecule has 3 aromatic rings. The predicted molar refractivity (Wildman–Crippen MR) is 137 cm³/mol. The number of carbonyl (C=O) groups excluding carboxylic acids is 2. The largest absolute Gasteiger partial charge is 0.332 e. The molecule has 0 aliphatic heterocycles. The summed E-state index contributed by atoms with van der Waals surface area (Å²) < 4.78 is 13.4. The van der Waals surface area contributed by atoms with Gasteiger partial charge in [0.05, 0.1) is 17.3 Å². The van der Waals surface area contributed by atoms with Gasteiger partial charge in [0.15, 0.2) is 0 Å². The minimum absolute atomic E-state index is 0.125. The molecule has 5 nitrogen and oxygen atoms in total. The Hall–Kier alpha value is -2.61. The number of nitrogens with zero attached hydrogens (tertiary/aromatic N) is 2. The highest BCUT2D eigenvalue weighted by Crippen LogP contribution is 2.26. The van der Waals surface area contributed by atoms with Crippen LogP contribution in [0.3, 0.4) is 0 Å². The lowest BCUT2D eigenvalue weighted by Crippen LogP contribution is -2.47. The van der Waals surface area contributed by atoms with Gasteiger partial charge < -0.3 is 15.1 Å². The van der Waals surface area contributed by atoms with Gasteiger partial charge in [0, 0.05) is 22.5 Å². The molecule has 1 aromatic heterocycles. The molecule has 0 unspecified atom stereocenters. The van der Waals surface area contributed by atoms with E-state index in [0.717, 1.165) is 16.0 Å². The average Bonchev–Trinajstić information content (AvgIpc) is 3.18. The van der Waals surface area contributed by atoms with Crippen LogP contribution in [-0.4, -0.2) is 34.3 Å². The van der Waals surface area contributed by atoms with E-state index in [1.165, 1.54) is 23.1 Å². The fourth-order valence-corrected chi connectivity index (χ4v) is 4.67. The number of hydrogen-bond donors (Lipinski definition) is 1. The summed E-state index contributed by atoms with van der Waals surface area (Å²) in [6.45, 7) is 6.24. The Bertz CT molecular complexity index is 1150. The third kappa shape index (κ3) is 6.95. The first-order valence-corrected chi connectivity index (χ1v) is 12.4. The normalized spacial score (nSPS) is 10.9. The second kappa shape index (κ2) is 11.7. The Morgan fingerprint density at radius 3 is 2.35 bits per heavy atom. The number of anilines is 1. The maximum atomic E-state index is 13.4. The van der Waals surface area contributed by atoms with Crippen molar-refractivity contribution in [1.82, 2.24) is 9.80 Å². The number of halogens is 3. The summed E-state index contributed by atoms with van der Waals surface area (Å²) in [4.78, 5) is 30.7. The topological polar surface area (TPSA) is 52.7 Å². The molecule has 0 radical (unpaired) electrons. The molecule has 0 saturated heterocycles. The van der Waals surface area contributed by atoms with Crippen LogP contribution in [0.4, 0.5) is 14.9 Å². The van der Waals surface area contributed by atoms with Gasteiger partial charge in [-0.3, -0.25) is 4.79 Å². The molecule has 2 aromatic carbocycles. The summed E-state index contributed by atoms with van der Waals surface area (Å²) in [5.41, 5.74) is 2.31. The average molecular weight is 522 g/mol. The van der Waals surface area contributed by atoms with Crippen molar-refractivity contribution in [2.24, 2.45) is 0 Å². The van der Waals surface area contributed by atoms with Gasteiger partial charge in [-0.15, -0.1) is 11.3 Å². The molecule has 1 N–H and O–H groups in total. The summed E-state index contributed by atoms with van der Waals surface area (Å²) in [5, 5.41) is 5.51. The van der Waals surface area contributed by atoms with Crippen molar-refractivity contribution < 1.29 is 14.0 Å². The highest BCUT2D eigenvalue weighted by atomic mass is 35.5. The highest BCUT2D eigenvalue weighted by molar-refractivity contribution is 7.10. The summed E-state index contributed by atoms with van der Waals surface area (Å²) in [5.74, 6) is -0.553. The van der Waals surface area contributed by atoms with E-state index < -0.39 is 6.03 Å². The van der Waals surface area contributed by atoms with Crippen molar-refractivity contribution in [1.29, 1.82) is 0 Å². The first kappa shape index (κ1) is 26.0. The number of benzene rings is 2. The molecule has 34 heavy (non-hydrogen) atoms. The van der Waals surface area contributed by atoms with Crippen molar-refractivity contribution in [3.63, 3.8) is 0 Å². The lowest BCUT2D eigenvalue weighted by molar-refractivity contribution is -0.133. The molecule has 0 bridgehead atoms. The molecule has 3 rings (SSSR count). The molecular formula is C25H26Cl2FN3O2S. The zero-order chi connectivity index (χ0) is 24.8. The Kier molecular flexibility index (Phi) is 8.94. The number of hydrogen-bond acceptors (Lipinski definition) is 3. The SMILES string of the molecule is Cc1ccsc1CN(Cc1ccc(F)cc1)C(=O)CN(C(=O)Nc1ccc(Cl)cc1Cl)C(C)C. The van der Waals surface area contributed by atoms with E-state index in [4.69, 9.17) is 23.2 Å². The first-order valence-electron chi connectivity index (χ1n) is 10.7. The quantitative estimate of drug-likeness (QED) is 0.347. The molecule has 3 amide bonds. The Morgan fingerprint density at radius 2 is 1.76 bits per heavy atom. The van der Waals surface area contributed by atoms with Gasteiger partial charge >= 0.3 is 6.03 Å². The molecule has 1 heterocycles. The minimum Gasteiger partial charge on any atom is -0.332 e. The predicted octanol–water partition coefficient (Wildman–Crippen LogP) is 6.97. The lowest BCUT2D eigenvalue weighted by Gasteiger charge is -2.30. The van der Waals surface area contributed by atoms with E-state index in [1.807, 2.05) is 32.2 Å². The zero-order valence-corrected chi connectivity index (χ0v) is 21.5. The van der Waals surface area contributed by atoms with Crippen LogP contribution in [0.1, 0.15) is 29.9 Å². The number of nitrogens with one attached hydrogen (secondary N) is 1. The maximum absolute atomic E-state index is 13.4. The van der Waals surface area contributed by atoms with Crippen LogP contribution in [0.15, 0.2) is 53.9 Å². The Labute approximate surface area is 213 Å². The van der Waals surface area contributed by atoms with Gasteiger partial charge in [-0.2, -0.15) is 0 Å². The van der Waals surface area contributed by atoms with Crippen LogP contribution < -0.4 is 5.32 Å². The van der Waals surface area contributed by atoms with E-state index in [2.05, 4.69) is 5.32 Å². The van der Waals surface area contributed by atoms with E-state index in [1.54, 1.807) is 40.5 Å². The number of carbonyl (C=O) groups is 2. The monoisotopic (exact) mass is 521 g/mol. The van der Waals surface area contributed by atoms with Crippen LogP contribution in [-0.2, 0) is 17.9 Å². The molecule has 0 saturated carbocycles. The first-order chi connectivity index (χ1) is 16.1. The van der Waals surface area contributed by atoms with Crippen molar-refractivity contribution in [2.45, 2.75) is 39.9 Å². The van der Waals surface area contributed by atoms with Gasteiger partial charge in [-0.25, -0.2) is 9.18 Å². The number of urea groups is 1.